The predicted molar refractivity (Wildman–Crippen MR) is 115 cm³/mol. The molecule has 1 aliphatic heterocycles. The number of para-hydroxylation sites is 2. The van der Waals surface area contributed by atoms with Crippen molar-refractivity contribution in [1.82, 2.24) is 5.32 Å². The average Bonchev–Trinajstić information content (AvgIpc) is 2.85. The Bertz CT molecular complexity index is 880. The van der Waals surface area contributed by atoms with E-state index in [-0.39, 0.29) is 0 Å². The highest BCUT2D eigenvalue weighted by Gasteiger charge is 2.25. The summed E-state index contributed by atoms with van der Waals surface area (Å²) >= 11 is 1.98. The lowest BCUT2D eigenvalue weighted by Crippen LogP contribution is -2.26. The Kier molecular flexibility index (Phi) is 5.81. The summed E-state index contributed by atoms with van der Waals surface area (Å²) in [4.78, 5) is 0. The Hall–Kier alpha value is -2.23. The van der Waals surface area contributed by atoms with Gasteiger partial charge in [-0.15, -0.1) is 11.8 Å². The van der Waals surface area contributed by atoms with Crippen molar-refractivity contribution in [2.45, 2.75) is 30.4 Å². The van der Waals surface area contributed by atoms with Crippen LogP contribution >= 0.6 is 11.8 Å². The van der Waals surface area contributed by atoms with E-state index in [0.29, 0.717) is 10.6 Å². The Morgan fingerprint density at radius 3 is 2.48 bits per heavy atom. The van der Waals surface area contributed by atoms with Gasteiger partial charge in [-0.2, -0.15) is 0 Å². The first-order valence-electron chi connectivity index (χ1n) is 9.57. The minimum absolute atomic E-state index is 0.372. The summed E-state index contributed by atoms with van der Waals surface area (Å²) in [6, 6.07) is 27.5. The third-order valence-corrected chi connectivity index (χ3v) is 6.24. The van der Waals surface area contributed by atoms with Crippen LogP contribution in [0.5, 0.6) is 11.5 Å². The molecule has 0 spiro atoms. The minimum atomic E-state index is 0.372. The van der Waals surface area contributed by atoms with Crippen molar-refractivity contribution in [2.75, 3.05) is 6.54 Å². The second-order valence-electron chi connectivity index (χ2n) is 6.91. The molecule has 1 heterocycles. The van der Waals surface area contributed by atoms with Crippen molar-refractivity contribution in [2.24, 2.45) is 0 Å². The van der Waals surface area contributed by atoms with Gasteiger partial charge in [-0.1, -0.05) is 66.7 Å². The number of ether oxygens (including phenoxy) is 1. The van der Waals surface area contributed by atoms with Gasteiger partial charge in [0.15, 0.2) is 0 Å². The highest BCUT2D eigenvalue weighted by molar-refractivity contribution is 8.00. The zero-order chi connectivity index (χ0) is 18.5. The van der Waals surface area contributed by atoms with Gasteiger partial charge in [-0.05, 0) is 43.0 Å². The molecule has 3 heteroatoms. The Labute approximate surface area is 166 Å². The first-order chi connectivity index (χ1) is 13.3. The maximum atomic E-state index is 6.22. The summed E-state index contributed by atoms with van der Waals surface area (Å²) in [5.41, 5.74) is 3.95. The predicted octanol–water partition coefficient (Wildman–Crippen LogP) is 5.99. The monoisotopic (exact) mass is 375 g/mol. The smallest absolute Gasteiger partial charge is 0.131 e. The van der Waals surface area contributed by atoms with Crippen molar-refractivity contribution in [3.8, 4) is 11.5 Å². The van der Waals surface area contributed by atoms with Gasteiger partial charge in [0.1, 0.15) is 11.5 Å². The van der Waals surface area contributed by atoms with Crippen molar-refractivity contribution in [3.63, 3.8) is 0 Å². The molecule has 0 bridgehead atoms. The molecule has 2 nitrogen and oxygen atoms in total. The third kappa shape index (κ3) is 4.55. The summed E-state index contributed by atoms with van der Waals surface area (Å²) in [5.74, 6) is 1.97. The van der Waals surface area contributed by atoms with Gasteiger partial charge < -0.3 is 10.1 Å². The summed E-state index contributed by atoms with van der Waals surface area (Å²) in [5, 5.41) is 4.43. The number of hydrogen-bond donors (Lipinski definition) is 1. The van der Waals surface area contributed by atoms with Gasteiger partial charge in [-0.25, -0.2) is 0 Å². The van der Waals surface area contributed by atoms with Crippen LogP contribution in [0.1, 0.15) is 28.9 Å². The molecule has 2 atom stereocenters. The second kappa shape index (κ2) is 8.64. The van der Waals surface area contributed by atoms with Crippen LogP contribution in [0.15, 0.2) is 78.9 Å². The molecule has 1 N–H and O–H groups in total. The maximum Gasteiger partial charge on any atom is 0.131 e. The van der Waals surface area contributed by atoms with Gasteiger partial charge in [-0.3, -0.25) is 0 Å². The van der Waals surface area contributed by atoms with E-state index >= 15 is 0 Å². The van der Waals surface area contributed by atoms with Crippen molar-refractivity contribution < 1.29 is 4.74 Å². The van der Waals surface area contributed by atoms with Crippen LogP contribution in [0.4, 0.5) is 0 Å². The van der Waals surface area contributed by atoms with E-state index in [9.17, 15) is 0 Å². The molecule has 0 saturated carbocycles. The molecular weight excluding hydrogens is 350 g/mol. The topological polar surface area (TPSA) is 21.3 Å². The molecule has 27 heavy (non-hydrogen) atoms. The lowest BCUT2D eigenvalue weighted by molar-refractivity contribution is 0.479. The molecule has 0 radical (unpaired) electrons. The first-order valence-corrected chi connectivity index (χ1v) is 10.5. The highest BCUT2D eigenvalue weighted by atomic mass is 32.2. The van der Waals surface area contributed by atoms with Gasteiger partial charge in [0.25, 0.3) is 0 Å². The lowest BCUT2D eigenvalue weighted by Gasteiger charge is -2.21. The molecule has 4 rings (SSSR count). The molecule has 3 aromatic carbocycles. The maximum absolute atomic E-state index is 6.22. The zero-order valence-electron chi connectivity index (χ0n) is 15.6. The number of benzene rings is 3. The van der Waals surface area contributed by atoms with Crippen LogP contribution in [0, 0.1) is 0 Å². The second-order valence-corrected chi connectivity index (χ2v) is 8.46. The molecule has 0 fully saturated rings. The van der Waals surface area contributed by atoms with E-state index in [1.54, 1.807) is 0 Å². The van der Waals surface area contributed by atoms with Crippen LogP contribution in [-0.2, 0) is 12.8 Å². The lowest BCUT2D eigenvalue weighted by atomic mass is 10.0. The molecule has 0 aromatic heterocycles. The Balaban J connectivity index is 1.44. The molecule has 0 aliphatic carbocycles. The number of hydrogen-bond acceptors (Lipinski definition) is 3. The van der Waals surface area contributed by atoms with E-state index in [0.717, 1.165) is 30.9 Å². The van der Waals surface area contributed by atoms with Crippen LogP contribution in [-0.4, -0.2) is 11.9 Å². The number of fused-ring (bicyclic) bond motifs is 2. The molecule has 2 unspecified atom stereocenters. The van der Waals surface area contributed by atoms with Gasteiger partial charge in [0, 0.05) is 17.4 Å². The molecule has 138 valence electrons. The number of nitrogens with one attached hydrogen (secondary N) is 1. The SMILES string of the molecule is CC(NCCc1ccccc1)SC1Cc2ccccc2Oc2ccccc21. The van der Waals surface area contributed by atoms with Gasteiger partial charge in [0.05, 0.1) is 5.37 Å². The van der Waals surface area contributed by atoms with E-state index in [1.807, 2.05) is 17.8 Å². The first kappa shape index (κ1) is 18.1. The van der Waals surface area contributed by atoms with E-state index < -0.39 is 0 Å². The molecular formula is C24H25NOS. The fourth-order valence-electron chi connectivity index (χ4n) is 3.52. The summed E-state index contributed by atoms with van der Waals surface area (Å²) in [6.07, 6.45) is 2.04. The summed E-state index contributed by atoms with van der Waals surface area (Å²) < 4.78 is 6.22. The van der Waals surface area contributed by atoms with Gasteiger partial charge >= 0.3 is 0 Å². The van der Waals surface area contributed by atoms with Crippen LogP contribution in [0.2, 0.25) is 0 Å². The minimum Gasteiger partial charge on any atom is -0.457 e. The number of rotatable bonds is 6. The number of thioether (sulfide) groups is 1. The van der Waals surface area contributed by atoms with Gasteiger partial charge in [0.2, 0.25) is 0 Å². The van der Waals surface area contributed by atoms with Crippen LogP contribution in [0.25, 0.3) is 0 Å². The fraction of sp³-hybridized carbons (Fsp3) is 0.250. The van der Waals surface area contributed by atoms with Crippen molar-refractivity contribution in [1.29, 1.82) is 0 Å². The van der Waals surface area contributed by atoms with E-state index in [1.165, 1.54) is 16.7 Å². The van der Waals surface area contributed by atoms with E-state index in [4.69, 9.17) is 4.74 Å². The fourth-order valence-corrected chi connectivity index (χ4v) is 4.84. The summed E-state index contributed by atoms with van der Waals surface area (Å²) in [7, 11) is 0. The summed E-state index contributed by atoms with van der Waals surface area (Å²) in [6.45, 7) is 3.25. The quantitative estimate of drug-likeness (QED) is 0.535. The van der Waals surface area contributed by atoms with Crippen molar-refractivity contribution in [3.05, 3.63) is 95.6 Å². The van der Waals surface area contributed by atoms with Crippen LogP contribution < -0.4 is 10.1 Å². The largest absolute Gasteiger partial charge is 0.457 e. The Morgan fingerprint density at radius 2 is 1.63 bits per heavy atom. The van der Waals surface area contributed by atoms with Crippen LogP contribution in [0.3, 0.4) is 0 Å². The Morgan fingerprint density at radius 1 is 0.926 bits per heavy atom. The van der Waals surface area contributed by atoms with Crippen molar-refractivity contribution >= 4 is 11.8 Å². The standard InChI is InChI=1S/C24H25NOS/c1-18(25-16-15-19-9-3-2-4-10-19)27-24-17-20-11-5-7-13-22(20)26-23-14-8-6-12-21(23)24/h2-14,18,24-25H,15-17H2,1H3. The molecule has 3 aromatic rings. The zero-order valence-corrected chi connectivity index (χ0v) is 16.4. The highest BCUT2D eigenvalue weighted by Crippen LogP contribution is 2.45. The molecule has 1 aliphatic rings. The molecule has 0 amide bonds. The molecule has 0 saturated heterocycles. The third-order valence-electron chi connectivity index (χ3n) is 4.92. The van der Waals surface area contributed by atoms with E-state index in [2.05, 4.69) is 85.0 Å². The average molecular weight is 376 g/mol. The normalized spacial score (nSPS) is 16.6.